The van der Waals surface area contributed by atoms with E-state index in [0.29, 0.717) is 43.9 Å². The second-order valence-electron chi connectivity index (χ2n) is 8.32. The summed E-state index contributed by atoms with van der Waals surface area (Å²) >= 11 is 0. The van der Waals surface area contributed by atoms with Crippen molar-refractivity contribution >= 4 is 11.9 Å². The number of primary amides is 1. The number of hydrogen-bond acceptors (Lipinski definition) is 2. The van der Waals surface area contributed by atoms with Gasteiger partial charge in [0.15, 0.2) is 0 Å². The first-order valence-electron chi connectivity index (χ1n) is 9.96. The first-order chi connectivity index (χ1) is 12.5. The fraction of sp³-hybridized carbons (Fsp3) is 0.619. The average Bonchev–Trinajstić information content (AvgIpc) is 2.91. The maximum absolute atomic E-state index is 13.1. The quantitative estimate of drug-likeness (QED) is 0.886. The number of carbonyl (C=O) groups excluding carboxylic acids is 2. The molecule has 0 aliphatic carbocycles. The molecular formula is C21H29N3O2. The van der Waals surface area contributed by atoms with Crippen LogP contribution in [0.15, 0.2) is 24.3 Å². The third kappa shape index (κ3) is 3.19. The van der Waals surface area contributed by atoms with E-state index in [-0.39, 0.29) is 17.9 Å². The lowest BCUT2D eigenvalue weighted by molar-refractivity contribution is -0.123. The summed E-state index contributed by atoms with van der Waals surface area (Å²) in [6.45, 7) is 3.43. The highest BCUT2D eigenvalue weighted by Crippen LogP contribution is 2.43. The van der Waals surface area contributed by atoms with Gasteiger partial charge in [0.05, 0.1) is 0 Å². The SMILES string of the molecule is Cc1ccc([C@H]2C[C@H]3CC[C@@H](C2)N3C(=O)N2CCC(C(N)=O)CC2)cc1. The molecule has 1 aromatic carbocycles. The number of fused-ring (bicyclic) bond motifs is 2. The Labute approximate surface area is 155 Å². The molecule has 140 valence electrons. The molecule has 3 aliphatic rings. The molecule has 5 heteroatoms. The molecule has 0 unspecified atom stereocenters. The van der Waals surface area contributed by atoms with Crippen molar-refractivity contribution in [3.05, 3.63) is 35.4 Å². The van der Waals surface area contributed by atoms with Crippen LogP contribution in [0.4, 0.5) is 4.79 Å². The van der Waals surface area contributed by atoms with Gasteiger partial charge >= 0.3 is 6.03 Å². The highest BCUT2D eigenvalue weighted by atomic mass is 16.2. The molecule has 2 bridgehead atoms. The van der Waals surface area contributed by atoms with Gasteiger partial charge in [-0.1, -0.05) is 29.8 Å². The Morgan fingerprint density at radius 1 is 0.962 bits per heavy atom. The monoisotopic (exact) mass is 355 g/mol. The summed E-state index contributed by atoms with van der Waals surface area (Å²) in [4.78, 5) is 28.6. The van der Waals surface area contributed by atoms with E-state index in [1.807, 2.05) is 4.90 Å². The van der Waals surface area contributed by atoms with Crippen LogP contribution in [0.2, 0.25) is 0 Å². The Morgan fingerprint density at radius 3 is 2.08 bits per heavy atom. The third-order valence-corrected chi connectivity index (χ3v) is 6.67. The number of hydrogen-bond donors (Lipinski definition) is 1. The standard InChI is InChI=1S/C21H29N3O2/c1-14-2-4-15(5-3-14)17-12-18-6-7-19(13-17)24(18)21(26)23-10-8-16(9-11-23)20(22)25/h2-5,16-19H,6-13H2,1H3,(H2,22,25)/t17-,18+,19-. The smallest absolute Gasteiger partial charge is 0.320 e. The fourth-order valence-corrected chi connectivity index (χ4v) is 5.12. The van der Waals surface area contributed by atoms with Crippen LogP contribution in [0.5, 0.6) is 0 Å². The zero-order valence-electron chi connectivity index (χ0n) is 15.6. The number of piperidine rings is 2. The number of nitrogens with two attached hydrogens (primary N) is 1. The molecule has 0 aromatic heterocycles. The van der Waals surface area contributed by atoms with Crippen LogP contribution in [-0.4, -0.2) is 46.9 Å². The molecule has 3 aliphatic heterocycles. The van der Waals surface area contributed by atoms with Crippen molar-refractivity contribution in [2.75, 3.05) is 13.1 Å². The van der Waals surface area contributed by atoms with E-state index >= 15 is 0 Å². The number of benzene rings is 1. The summed E-state index contributed by atoms with van der Waals surface area (Å²) in [6.07, 6.45) is 5.80. The molecule has 4 rings (SSSR count). The molecule has 1 aromatic rings. The van der Waals surface area contributed by atoms with E-state index < -0.39 is 0 Å². The summed E-state index contributed by atoms with van der Waals surface area (Å²) in [6, 6.07) is 9.80. The minimum Gasteiger partial charge on any atom is -0.369 e. The van der Waals surface area contributed by atoms with Crippen LogP contribution in [0.1, 0.15) is 55.6 Å². The van der Waals surface area contributed by atoms with E-state index in [1.54, 1.807) is 0 Å². The van der Waals surface area contributed by atoms with Crippen LogP contribution in [0.3, 0.4) is 0 Å². The number of amides is 3. The van der Waals surface area contributed by atoms with Crippen molar-refractivity contribution in [2.45, 2.75) is 63.5 Å². The van der Waals surface area contributed by atoms with Gasteiger partial charge in [0.1, 0.15) is 0 Å². The van der Waals surface area contributed by atoms with Crippen molar-refractivity contribution in [3.8, 4) is 0 Å². The zero-order chi connectivity index (χ0) is 18.3. The average molecular weight is 355 g/mol. The van der Waals surface area contributed by atoms with E-state index in [9.17, 15) is 9.59 Å². The second-order valence-corrected chi connectivity index (χ2v) is 8.32. The molecule has 5 nitrogen and oxygen atoms in total. The lowest BCUT2D eigenvalue weighted by atomic mass is 9.85. The highest BCUT2D eigenvalue weighted by molar-refractivity contribution is 5.78. The van der Waals surface area contributed by atoms with Gasteiger partial charge in [-0.3, -0.25) is 4.79 Å². The summed E-state index contributed by atoms with van der Waals surface area (Å²) in [7, 11) is 0. The van der Waals surface area contributed by atoms with Gasteiger partial charge in [-0.15, -0.1) is 0 Å². The maximum Gasteiger partial charge on any atom is 0.320 e. The van der Waals surface area contributed by atoms with Crippen molar-refractivity contribution < 1.29 is 9.59 Å². The van der Waals surface area contributed by atoms with Gasteiger partial charge in [-0.25, -0.2) is 4.79 Å². The lowest BCUT2D eigenvalue weighted by Gasteiger charge is -2.43. The Balaban J connectivity index is 1.41. The predicted molar refractivity (Wildman–Crippen MR) is 101 cm³/mol. The van der Waals surface area contributed by atoms with Gasteiger partial charge in [0, 0.05) is 31.1 Å². The van der Waals surface area contributed by atoms with Crippen LogP contribution in [0.25, 0.3) is 0 Å². The number of urea groups is 1. The number of likely N-dealkylation sites (tertiary alicyclic amines) is 1. The topological polar surface area (TPSA) is 66.6 Å². The second kappa shape index (κ2) is 6.93. The number of nitrogens with zero attached hydrogens (tertiary/aromatic N) is 2. The summed E-state index contributed by atoms with van der Waals surface area (Å²) in [5.74, 6) is 0.275. The largest absolute Gasteiger partial charge is 0.369 e. The molecule has 3 saturated heterocycles. The van der Waals surface area contributed by atoms with Crippen molar-refractivity contribution in [1.29, 1.82) is 0 Å². The molecule has 3 amide bonds. The van der Waals surface area contributed by atoms with Crippen molar-refractivity contribution in [1.82, 2.24) is 9.80 Å². The van der Waals surface area contributed by atoms with Crippen LogP contribution < -0.4 is 5.73 Å². The van der Waals surface area contributed by atoms with Gasteiger partial charge < -0.3 is 15.5 Å². The minimum atomic E-state index is -0.226. The summed E-state index contributed by atoms with van der Waals surface area (Å²) in [5, 5.41) is 0. The van der Waals surface area contributed by atoms with Gasteiger partial charge in [-0.05, 0) is 56.9 Å². The Hall–Kier alpha value is -2.04. The van der Waals surface area contributed by atoms with Gasteiger partial charge in [0.2, 0.25) is 5.91 Å². The molecule has 0 saturated carbocycles. The van der Waals surface area contributed by atoms with Crippen LogP contribution in [0, 0.1) is 12.8 Å². The van der Waals surface area contributed by atoms with E-state index in [1.165, 1.54) is 11.1 Å². The van der Waals surface area contributed by atoms with Crippen molar-refractivity contribution in [2.24, 2.45) is 11.7 Å². The zero-order valence-corrected chi connectivity index (χ0v) is 15.6. The van der Waals surface area contributed by atoms with Crippen LogP contribution in [-0.2, 0) is 4.79 Å². The Morgan fingerprint density at radius 2 is 1.54 bits per heavy atom. The summed E-state index contributed by atoms with van der Waals surface area (Å²) < 4.78 is 0. The normalized spacial score (nSPS) is 29.0. The molecular weight excluding hydrogens is 326 g/mol. The molecule has 3 heterocycles. The third-order valence-electron chi connectivity index (χ3n) is 6.67. The molecule has 0 spiro atoms. The predicted octanol–water partition coefficient (Wildman–Crippen LogP) is 3.02. The van der Waals surface area contributed by atoms with Gasteiger partial charge in [-0.2, -0.15) is 0 Å². The number of aryl methyl sites for hydroxylation is 1. The highest BCUT2D eigenvalue weighted by Gasteiger charge is 2.45. The Kier molecular flexibility index (Phi) is 4.63. The molecule has 26 heavy (non-hydrogen) atoms. The number of rotatable bonds is 2. The molecule has 3 atom stereocenters. The number of carbonyl (C=O) groups is 2. The minimum absolute atomic E-state index is 0.0666. The molecule has 3 fully saturated rings. The molecule has 0 radical (unpaired) electrons. The maximum atomic E-state index is 13.1. The van der Waals surface area contributed by atoms with E-state index in [4.69, 9.17) is 5.73 Å². The van der Waals surface area contributed by atoms with Crippen molar-refractivity contribution in [3.63, 3.8) is 0 Å². The van der Waals surface area contributed by atoms with Gasteiger partial charge in [0.25, 0.3) is 0 Å². The summed E-state index contributed by atoms with van der Waals surface area (Å²) in [5.41, 5.74) is 8.13. The van der Waals surface area contributed by atoms with E-state index in [2.05, 4.69) is 36.1 Å². The lowest BCUT2D eigenvalue weighted by Crippen LogP contribution is -2.54. The van der Waals surface area contributed by atoms with E-state index in [0.717, 1.165) is 25.7 Å². The first kappa shape index (κ1) is 17.4. The Bertz CT molecular complexity index is 665. The molecule has 2 N–H and O–H groups in total. The van der Waals surface area contributed by atoms with Crippen LogP contribution >= 0.6 is 0 Å². The first-order valence-corrected chi connectivity index (χ1v) is 9.96. The fourth-order valence-electron chi connectivity index (χ4n) is 5.12.